The fraction of sp³-hybridized carbons (Fsp3) is 0.667. The van der Waals surface area contributed by atoms with Crippen LogP contribution >= 0.6 is 0 Å². The van der Waals surface area contributed by atoms with Crippen molar-refractivity contribution < 1.29 is 21.7 Å². The van der Waals surface area contributed by atoms with Gasteiger partial charge in [0, 0.05) is 6.92 Å². The zero-order valence-electron chi connectivity index (χ0n) is 16.3. The molecule has 1 aromatic carbocycles. The second-order valence-corrected chi connectivity index (χ2v) is 6.77. The summed E-state index contributed by atoms with van der Waals surface area (Å²) in [6.45, 7) is 9.35. The van der Waals surface area contributed by atoms with Gasteiger partial charge in [0.2, 0.25) is 0 Å². The summed E-state index contributed by atoms with van der Waals surface area (Å²) in [6, 6.07) is 8.68. The third-order valence-electron chi connectivity index (χ3n) is 4.84. The fourth-order valence-corrected chi connectivity index (χ4v) is 3.32. The molecule has 0 N–H and O–H groups in total. The molecule has 0 spiro atoms. The van der Waals surface area contributed by atoms with Crippen molar-refractivity contribution in [1.82, 2.24) is 4.57 Å². The molecule has 2 rings (SSSR count). The molecule has 142 valence electrons. The van der Waals surface area contributed by atoms with Gasteiger partial charge in [-0.05, 0) is 25.0 Å². The molecule has 0 aliphatic heterocycles. The van der Waals surface area contributed by atoms with Gasteiger partial charge < -0.3 is 17.1 Å². The van der Waals surface area contributed by atoms with Gasteiger partial charge in [-0.3, -0.25) is 0 Å². The molecule has 1 heterocycles. The first-order valence-corrected chi connectivity index (χ1v) is 9.85. The number of fused-ring (bicyclic) bond motifs is 1. The van der Waals surface area contributed by atoms with Gasteiger partial charge in [-0.2, -0.15) is 0 Å². The molecule has 0 aliphatic rings. The summed E-state index contributed by atoms with van der Waals surface area (Å²) >= 11 is 0. The van der Waals surface area contributed by atoms with Crippen LogP contribution in [0.2, 0.25) is 0 Å². The van der Waals surface area contributed by atoms with Crippen LogP contribution in [-0.4, -0.2) is 11.2 Å². The Balaban J connectivity index is 0.00000312. The van der Waals surface area contributed by atoms with Crippen molar-refractivity contribution in [2.75, 3.05) is 6.61 Å². The van der Waals surface area contributed by atoms with Crippen LogP contribution in [0, 0.1) is 6.92 Å². The molecule has 0 saturated carbocycles. The van der Waals surface area contributed by atoms with Crippen LogP contribution in [0.1, 0.15) is 71.0 Å². The minimum absolute atomic E-state index is 0. The average Bonchev–Trinajstić information content (AvgIpc) is 2.87. The van der Waals surface area contributed by atoms with Crippen LogP contribution in [0.3, 0.4) is 0 Å². The largest absolute Gasteiger partial charge is 1.00 e. The molecule has 0 fully saturated rings. The first-order valence-electron chi connectivity index (χ1n) is 9.85. The summed E-state index contributed by atoms with van der Waals surface area (Å²) in [7, 11) is 0. The second kappa shape index (κ2) is 12.3. The highest BCUT2D eigenvalue weighted by molar-refractivity contribution is 5.72. The highest BCUT2D eigenvalue weighted by Crippen LogP contribution is 2.15. The van der Waals surface area contributed by atoms with E-state index in [0.717, 1.165) is 13.2 Å². The smallest absolute Gasteiger partial charge is 0.256 e. The third kappa shape index (κ3) is 6.31. The standard InChI is InChI=1S/C21H35N2O.ClH/c1-4-6-8-9-10-13-17-24-18-23-19(3)22(16-7-5-2)20-14-11-12-15-21(20)23;/h11-12,14-15H,4-10,13,16-18H2,1-3H3;1H/q+1;/p-1. The van der Waals surface area contributed by atoms with Crippen LogP contribution in [0.5, 0.6) is 0 Å². The number of benzene rings is 1. The molecule has 25 heavy (non-hydrogen) atoms. The maximum atomic E-state index is 5.98. The predicted molar refractivity (Wildman–Crippen MR) is 101 cm³/mol. The molecule has 0 amide bonds. The topological polar surface area (TPSA) is 18.0 Å². The van der Waals surface area contributed by atoms with Crippen molar-refractivity contribution in [2.24, 2.45) is 0 Å². The highest BCUT2D eigenvalue weighted by Gasteiger charge is 2.20. The van der Waals surface area contributed by atoms with Gasteiger partial charge in [0.05, 0.1) is 13.2 Å². The van der Waals surface area contributed by atoms with Gasteiger partial charge in [-0.15, -0.1) is 0 Å². The summed E-state index contributed by atoms with van der Waals surface area (Å²) < 4.78 is 10.7. The molecule has 0 aliphatic carbocycles. The highest BCUT2D eigenvalue weighted by atomic mass is 35.5. The van der Waals surface area contributed by atoms with E-state index in [1.807, 2.05) is 0 Å². The number of halogens is 1. The number of aromatic nitrogens is 2. The molecular weight excluding hydrogens is 332 g/mol. The maximum absolute atomic E-state index is 5.98. The zero-order chi connectivity index (χ0) is 17.2. The molecule has 1 aromatic heterocycles. The van der Waals surface area contributed by atoms with Crippen molar-refractivity contribution in [3.63, 3.8) is 0 Å². The van der Waals surface area contributed by atoms with E-state index in [4.69, 9.17) is 4.74 Å². The van der Waals surface area contributed by atoms with E-state index < -0.39 is 0 Å². The molecular formula is C21H35ClN2O. The van der Waals surface area contributed by atoms with Crippen molar-refractivity contribution >= 4 is 11.0 Å². The average molecular weight is 367 g/mol. The van der Waals surface area contributed by atoms with E-state index in [1.54, 1.807) is 0 Å². The number of aryl methyl sites for hydroxylation is 1. The van der Waals surface area contributed by atoms with Crippen LogP contribution < -0.4 is 17.0 Å². The van der Waals surface area contributed by atoms with Gasteiger partial charge in [0.25, 0.3) is 5.82 Å². The summed E-state index contributed by atoms with van der Waals surface area (Å²) in [5.41, 5.74) is 2.61. The molecule has 4 heteroatoms. The first kappa shape index (κ1) is 22.0. The Kier molecular flexibility index (Phi) is 10.8. The van der Waals surface area contributed by atoms with Crippen LogP contribution in [0.15, 0.2) is 24.3 Å². The number of ether oxygens (including phenoxy) is 1. The van der Waals surface area contributed by atoms with E-state index in [2.05, 4.69) is 54.2 Å². The lowest BCUT2D eigenvalue weighted by Crippen LogP contribution is -3.00. The van der Waals surface area contributed by atoms with E-state index in [1.165, 1.54) is 68.2 Å². The fourth-order valence-electron chi connectivity index (χ4n) is 3.32. The van der Waals surface area contributed by atoms with Crippen LogP contribution in [-0.2, 0) is 18.0 Å². The van der Waals surface area contributed by atoms with Gasteiger partial charge in [0.15, 0.2) is 17.8 Å². The number of hydrogen-bond donors (Lipinski definition) is 0. The molecule has 0 bridgehead atoms. The number of rotatable bonds is 12. The first-order chi connectivity index (χ1) is 11.8. The summed E-state index contributed by atoms with van der Waals surface area (Å²) in [6.07, 6.45) is 10.3. The Hall–Kier alpha value is -1.06. The molecule has 0 atom stereocenters. The van der Waals surface area contributed by atoms with E-state index in [9.17, 15) is 0 Å². The molecule has 0 unspecified atom stereocenters. The van der Waals surface area contributed by atoms with Crippen molar-refractivity contribution in [3.8, 4) is 0 Å². The zero-order valence-corrected chi connectivity index (χ0v) is 17.0. The Morgan fingerprint density at radius 1 is 0.920 bits per heavy atom. The van der Waals surface area contributed by atoms with Crippen molar-refractivity contribution in [2.45, 2.75) is 85.4 Å². The number of imidazole rings is 1. The summed E-state index contributed by atoms with van der Waals surface area (Å²) in [4.78, 5) is 0. The SMILES string of the molecule is CCCCCCCCOC[n+]1c(C)n(CCCC)c2ccccc21.[Cl-]. The lowest BCUT2D eigenvalue weighted by Gasteiger charge is -2.04. The monoisotopic (exact) mass is 366 g/mol. The Labute approximate surface area is 159 Å². The molecule has 2 aromatic rings. The lowest BCUT2D eigenvalue weighted by molar-refractivity contribution is -0.715. The van der Waals surface area contributed by atoms with Gasteiger partial charge in [-0.25, -0.2) is 9.13 Å². The van der Waals surface area contributed by atoms with Crippen molar-refractivity contribution in [3.05, 3.63) is 30.1 Å². The molecule has 0 radical (unpaired) electrons. The second-order valence-electron chi connectivity index (χ2n) is 6.77. The normalized spacial score (nSPS) is 11.0. The number of hydrogen-bond acceptors (Lipinski definition) is 1. The minimum atomic E-state index is 0. The number of unbranched alkanes of at least 4 members (excludes halogenated alkanes) is 6. The Morgan fingerprint density at radius 2 is 1.60 bits per heavy atom. The Bertz CT molecular complexity index is 609. The number of para-hydroxylation sites is 2. The quantitative estimate of drug-likeness (QED) is 0.416. The minimum Gasteiger partial charge on any atom is -1.00 e. The summed E-state index contributed by atoms with van der Waals surface area (Å²) in [5.74, 6) is 1.30. The predicted octanol–water partition coefficient (Wildman–Crippen LogP) is 2.38. The third-order valence-corrected chi connectivity index (χ3v) is 4.84. The van der Waals surface area contributed by atoms with Crippen LogP contribution in [0.25, 0.3) is 11.0 Å². The van der Waals surface area contributed by atoms with Crippen LogP contribution in [0.4, 0.5) is 0 Å². The van der Waals surface area contributed by atoms with Crippen molar-refractivity contribution in [1.29, 1.82) is 0 Å². The van der Waals surface area contributed by atoms with E-state index in [-0.39, 0.29) is 12.4 Å². The lowest BCUT2D eigenvalue weighted by atomic mass is 10.1. The number of nitrogens with zero attached hydrogens (tertiary/aromatic N) is 2. The van der Waals surface area contributed by atoms with Gasteiger partial charge in [0.1, 0.15) is 0 Å². The van der Waals surface area contributed by atoms with Gasteiger partial charge >= 0.3 is 0 Å². The van der Waals surface area contributed by atoms with Gasteiger partial charge in [-0.1, -0.05) is 64.5 Å². The molecule has 3 nitrogen and oxygen atoms in total. The van der Waals surface area contributed by atoms with E-state index in [0.29, 0.717) is 6.73 Å². The maximum Gasteiger partial charge on any atom is 0.256 e. The Morgan fingerprint density at radius 3 is 2.36 bits per heavy atom. The van der Waals surface area contributed by atoms with E-state index >= 15 is 0 Å². The molecule has 0 saturated heterocycles. The summed E-state index contributed by atoms with van der Waals surface area (Å²) in [5, 5.41) is 0.